The maximum Gasteiger partial charge on any atom is 0.137 e. The highest BCUT2D eigenvalue weighted by molar-refractivity contribution is 9.10. The Labute approximate surface area is 130 Å². The normalized spacial score (nSPS) is 10.6. The molecule has 21 heavy (non-hydrogen) atoms. The number of halogens is 2. The fourth-order valence-electron chi connectivity index (χ4n) is 2.03. The molecule has 106 valence electrons. The number of nitrogens with zero attached hydrogens (tertiary/aromatic N) is 2. The maximum absolute atomic E-state index is 13.2. The van der Waals surface area contributed by atoms with Gasteiger partial charge in [-0.2, -0.15) is 5.10 Å². The third-order valence-corrected chi connectivity index (χ3v) is 3.70. The number of nitrogens with one attached hydrogen (secondary N) is 1. The van der Waals surface area contributed by atoms with E-state index in [1.54, 1.807) is 23.0 Å². The highest BCUT2D eigenvalue weighted by Crippen LogP contribution is 2.19. The Bertz CT molecular complexity index is 741. The zero-order valence-corrected chi connectivity index (χ0v) is 12.7. The lowest BCUT2D eigenvalue weighted by Gasteiger charge is -2.09. The summed E-state index contributed by atoms with van der Waals surface area (Å²) >= 11 is 3.20. The average Bonchev–Trinajstić information content (AvgIpc) is 3.03. The molecule has 0 spiro atoms. The van der Waals surface area contributed by atoms with Crippen LogP contribution in [0.25, 0.3) is 5.69 Å². The molecule has 1 aromatic heterocycles. The SMILES string of the molecule is Fc1ccc(CNc2cccc(-n3cccn3)c2)cc1Br. The molecule has 3 rings (SSSR count). The van der Waals surface area contributed by atoms with Crippen LogP contribution in [-0.2, 0) is 6.54 Å². The molecule has 0 saturated carbocycles. The van der Waals surface area contributed by atoms with E-state index in [0.29, 0.717) is 11.0 Å². The highest BCUT2D eigenvalue weighted by atomic mass is 79.9. The van der Waals surface area contributed by atoms with Crippen molar-refractivity contribution in [2.75, 3.05) is 5.32 Å². The predicted octanol–water partition coefficient (Wildman–Crippen LogP) is 4.39. The van der Waals surface area contributed by atoms with Gasteiger partial charge in [0.1, 0.15) is 5.82 Å². The fourth-order valence-corrected chi connectivity index (χ4v) is 2.46. The lowest BCUT2D eigenvalue weighted by molar-refractivity contribution is 0.620. The summed E-state index contributed by atoms with van der Waals surface area (Å²) in [7, 11) is 0. The zero-order valence-electron chi connectivity index (χ0n) is 11.1. The van der Waals surface area contributed by atoms with Crippen molar-refractivity contribution in [3.05, 3.63) is 76.8 Å². The second-order valence-corrected chi connectivity index (χ2v) is 5.46. The van der Waals surface area contributed by atoms with Gasteiger partial charge in [-0.3, -0.25) is 0 Å². The van der Waals surface area contributed by atoms with Crippen LogP contribution in [0.5, 0.6) is 0 Å². The number of hydrogen-bond donors (Lipinski definition) is 1. The van der Waals surface area contributed by atoms with Crippen LogP contribution in [-0.4, -0.2) is 9.78 Å². The maximum atomic E-state index is 13.2. The molecule has 1 heterocycles. The van der Waals surface area contributed by atoms with Crippen LogP contribution < -0.4 is 5.32 Å². The first-order valence-electron chi connectivity index (χ1n) is 6.50. The van der Waals surface area contributed by atoms with Crippen molar-refractivity contribution in [2.24, 2.45) is 0 Å². The summed E-state index contributed by atoms with van der Waals surface area (Å²) in [5.74, 6) is -0.251. The van der Waals surface area contributed by atoms with Gasteiger partial charge in [-0.05, 0) is 57.9 Å². The Morgan fingerprint density at radius 2 is 2.05 bits per heavy atom. The van der Waals surface area contributed by atoms with E-state index in [1.165, 1.54) is 6.07 Å². The van der Waals surface area contributed by atoms with Crippen LogP contribution in [0.1, 0.15) is 5.56 Å². The van der Waals surface area contributed by atoms with E-state index in [-0.39, 0.29) is 5.82 Å². The Balaban J connectivity index is 1.73. The van der Waals surface area contributed by atoms with Gasteiger partial charge in [-0.25, -0.2) is 9.07 Å². The summed E-state index contributed by atoms with van der Waals surface area (Å²) in [4.78, 5) is 0. The minimum Gasteiger partial charge on any atom is -0.381 e. The van der Waals surface area contributed by atoms with Crippen LogP contribution in [0.3, 0.4) is 0 Å². The number of benzene rings is 2. The molecule has 0 aliphatic heterocycles. The Morgan fingerprint density at radius 1 is 1.14 bits per heavy atom. The van der Waals surface area contributed by atoms with Crippen molar-refractivity contribution >= 4 is 21.6 Å². The summed E-state index contributed by atoms with van der Waals surface area (Å²) in [5, 5.41) is 7.53. The molecule has 3 aromatic rings. The smallest absolute Gasteiger partial charge is 0.137 e. The van der Waals surface area contributed by atoms with E-state index in [0.717, 1.165) is 16.9 Å². The van der Waals surface area contributed by atoms with Crippen molar-refractivity contribution in [3.8, 4) is 5.69 Å². The molecule has 1 N–H and O–H groups in total. The zero-order chi connectivity index (χ0) is 14.7. The van der Waals surface area contributed by atoms with Gasteiger partial charge >= 0.3 is 0 Å². The standard InChI is InChI=1S/C16H13BrFN3/c17-15-9-12(5-6-16(15)18)11-19-13-3-1-4-14(10-13)21-8-2-7-20-21/h1-10,19H,11H2. The van der Waals surface area contributed by atoms with Crippen LogP contribution in [0.2, 0.25) is 0 Å². The minimum atomic E-state index is -0.251. The highest BCUT2D eigenvalue weighted by Gasteiger charge is 2.02. The fraction of sp³-hybridized carbons (Fsp3) is 0.0625. The number of aromatic nitrogens is 2. The summed E-state index contributed by atoms with van der Waals surface area (Å²) in [6.07, 6.45) is 3.65. The molecule has 0 aliphatic carbocycles. The lowest BCUT2D eigenvalue weighted by Crippen LogP contribution is -2.01. The first-order chi connectivity index (χ1) is 10.2. The van der Waals surface area contributed by atoms with E-state index < -0.39 is 0 Å². The molecule has 2 aromatic carbocycles. The van der Waals surface area contributed by atoms with Crippen LogP contribution in [0.4, 0.5) is 10.1 Å². The van der Waals surface area contributed by atoms with Crippen molar-refractivity contribution in [1.82, 2.24) is 9.78 Å². The lowest BCUT2D eigenvalue weighted by atomic mass is 10.2. The third-order valence-electron chi connectivity index (χ3n) is 3.10. The Morgan fingerprint density at radius 3 is 2.81 bits per heavy atom. The predicted molar refractivity (Wildman–Crippen MR) is 85.0 cm³/mol. The van der Waals surface area contributed by atoms with E-state index in [2.05, 4.69) is 26.3 Å². The topological polar surface area (TPSA) is 29.9 Å². The molecule has 0 bridgehead atoms. The average molecular weight is 346 g/mol. The van der Waals surface area contributed by atoms with E-state index >= 15 is 0 Å². The van der Waals surface area contributed by atoms with Gasteiger partial charge in [0, 0.05) is 24.6 Å². The largest absolute Gasteiger partial charge is 0.381 e. The molecule has 0 radical (unpaired) electrons. The minimum absolute atomic E-state index is 0.251. The number of hydrogen-bond acceptors (Lipinski definition) is 2. The molecule has 0 saturated heterocycles. The second-order valence-electron chi connectivity index (χ2n) is 4.60. The van der Waals surface area contributed by atoms with Crippen molar-refractivity contribution in [1.29, 1.82) is 0 Å². The van der Waals surface area contributed by atoms with Gasteiger partial charge < -0.3 is 5.32 Å². The Hall–Kier alpha value is -2.14. The molecule has 3 nitrogen and oxygen atoms in total. The van der Waals surface area contributed by atoms with Crippen LogP contribution in [0, 0.1) is 5.82 Å². The van der Waals surface area contributed by atoms with E-state index in [1.807, 2.05) is 36.5 Å². The Kier molecular flexibility index (Phi) is 4.01. The van der Waals surface area contributed by atoms with Crippen molar-refractivity contribution < 1.29 is 4.39 Å². The molecule has 0 unspecified atom stereocenters. The molecule has 0 atom stereocenters. The van der Waals surface area contributed by atoms with Crippen LogP contribution in [0.15, 0.2) is 65.4 Å². The summed E-state index contributed by atoms with van der Waals surface area (Å²) in [6, 6.07) is 14.9. The van der Waals surface area contributed by atoms with Gasteiger partial charge in [-0.1, -0.05) is 12.1 Å². The van der Waals surface area contributed by atoms with Gasteiger partial charge in [0.25, 0.3) is 0 Å². The molecular weight excluding hydrogens is 333 g/mol. The monoisotopic (exact) mass is 345 g/mol. The third kappa shape index (κ3) is 3.31. The van der Waals surface area contributed by atoms with Gasteiger partial charge in [0.05, 0.1) is 10.2 Å². The summed E-state index contributed by atoms with van der Waals surface area (Å²) in [5.41, 5.74) is 2.99. The molecule has 0 amide bonds. The van der Waals surface area contributed by atoms with E-state index in [9.17, 15) is 4.39 Å². The van der Waals surface area contributed by atoms with Gasteiger partial charge in [0.2, 0.25) is 0 Å². The second kappa shape index (κ2) is 6.10. The first kappa shape index (κ1) is 13.8. The van der Waals surface area contributed by atoms with Crippen molar-refractivity contribution in [2.45, 2.75) is 6.54 Å². The van der Waals surface area contributed by atoms with Crippen molar-refractivity contribution in [3.63, 3.8) is 0 Å². The quantitative estimate of drug-likeness (QED) is 0.760. The molecule has 0 aliphatic rings. The number of rotatable bonds is 4. The summed E-state index contributed by atoms with van der Waals surface area (Å²) in [6.45, 7) is 0.626. The van der Waals surface area contributed by atoms with Crippen LogP contribution >= 0.6 is 15.9 Å². The van der Waals surface area contributed by atoms with E-state index in [4.69, 9.17) is 0 Å². The summed E-state index contributed by atoms with van der Waals surface area (Å²) < 4.78 is 15.5. The number of anilines is 1. The molecular formula is C16H13BrFN3. The molecule has 5 heteroatoms. The van der Waals surface area contributed by atoms with Gasteiger partial charge in [-0.15, -0.1) is 0 Å². The van der Waals surface area contributed by atoms with Gasteiger partial charge in [0.15, 0.2) is 0 Å². The first-order valence-corrected chi connectivity index (χ1v) is 7.29. The molecule has 0 fully saturated rings.